The molecule has 12 aliphatic rings. The fourth-order valence-electron chi connectivity index (χ4n) is 20.0. The van der Waals surface area contributed by atoms with Gasteiger partial charge in [0.2, 0.25) is 6.29 Å². The first-order chi connectivity index (χ1) is 48.3. The van der Waals surface area contributed by atoms with Crippen LogP contribution in [0.1, 0.15) is 107 Å². The van der Waals surface area contributed by atoms with Gasteiger partial charge in [-0.3, -0.25) is 4.79 Å². The zero-order valence-electron chi connectivity index (χ0n) is 59.0. The minimum atomic E-state index is -2.27. The standard InChI is InChI=1S/C68H110O35/c1-26-36(77)40(81)43(84)53(94-26)97-44-33(76)20-91-55(48(44)101-59-51(86)68(89,23-72)25-93-59)98-46-41(82)37(78)27(2)95-56(46)99-45-38(79)32(75)19-90-54(45)103-60(87)66-13-11-61(3,4)15-29(66)28-9-10-35-62(5)16-31(74)52(63(6,21-70)49(62)30(73)17-65(35,8)64(28,7)12-14-66)102-57-47(42(83)39(80)34(18-69)96-57)100-58-50(85)67(88,22-71)24-92-58/h9,26-27,29-59,69-86,88-89H,10-25H2,1-8H3. The second-order valence-corrected chi connectivity index (χ2v) is 33.3. The lowest BCUT2D eigenvalue weighted by atomic mass is 9.33. The van der Waals surface area contributed by atoms with Gasteiger partial charge in [0.25, 0.3) is 0 Å². The number of allylic oxidation sites excluding steroid dienone is 2. The van der Waals surface area contributed by atoms with Gasteiger partial charge in [-0.1, -0.05) is 53.2 Å². The third kappa shape index (κ3) is 13.5. The molecule has 0 radical (unpaired) electrons. The molecule has 0 bridgehead atoms. The zero-order valence-corrected chi connectivity index (χ0v) is 59.0. The largest absolute Gasteiger partial charge is 0.432 e. The lowest BCUT2D eigenvalue weighted by molar-refractivity contribution is -0.396. The van der Waals surface area contributed by atoms with E-state index in [9.17, 15) is 102 Å². The van der Waals surface area contributed by atoms with Crippen LogP contribution in [0.25, 0.3) is 0 Å². The Balaban J connectivity index is 0.803. The molecule has 7 aliphatic heterocycles. The van der Waals surface area contributed by atoms with Crippen molar-refractivity contribution in [3.05, 3.63) is 11.6 Å². The molecular formula is C68H110O35. The summed E-state index contributed by atoms with van der Waals surface area (Å²) in [7, 11) is 0. The van der Waals surface area contributed by atoms with Crippen LogP contribution in [-0.4, -0.2) is 357 Å². The summed E-state index contributed by atoms with van der Waals surface area (Å²) < 4.78 is 84.8. The van der Waals surface area contributed by atoms with Gasteiger partial charge in [-0.2, -0.15) is 0 Å². The molecule has 7 heterocycles. The van der Waals surface area contributed by atoms with Crippen LogP contribution < -0.4 is 0 Å². The van der Waals surface area contributed by atoms with Crippen LogP contribution in [-0.2, 0) is 71.1 Å². The Morgan fingerprint density at radius 2 is 1.01 bits per heavy atom. The van der Waals surface area contributed by atoms with E-state index in [2.05, 4.69) is 33.8 Å². The highest BCUT2D eigenvalue weighted by atomic mass is 16.8. The summed E-state index contributed by atoms with van der Waals surface area (Å²) in [5.41, 5.74) is -9.08. The molecule has 40 atom stereocenters. The number of aliphatic hydroxyl groups is 20. The topological polar surface area (TPSA) is 551 Å². The van der Waals surface area contributed by atoms with Crippen molar-refractivity contribution in [2.45, 2.75) is 302 Å². The predicted octanol–water partition coefficient (Wildman–Crippen LogP) is -7.03. The van der Waals surface area contributed by atoms with Crippen LogP contribution in [0, 0.1) is 50.2 Å². The van der Waals surface area contributed by atoms with Crippen molar-refractivity contribution in [1.29, 1.82) is 0 Å². The SMILES string of the molecule is CC1OC(OC2C(O)COC(OC3C(OC4C(OC(=O)C56CCC(C)(C)CC5C5=CCC7C8(C)CC(O)C(OC9OC(CO)C(O)C(O)C9OC9OCC(O)(CO)C9O)C(C)(CO)C8C(O)CC7(C)C5(C)CC6)OCC(O)C4O)OC(C)C(O)C3O)C2OC2OCC(O)(CO)C2O)C(O)C(O)C1O. The first kappa shape index (κ1) is 80.4. The molecule has 0 aromatic carbocycles. The monoisotopic (exact) mass is 1490 g/mol. The number of hydrogen-bond acceptors (Lipinski definition) is 35. The minimum absolute atomic E-state index is 0.00681. The third-order valence-electron chi connectivity index (χ3n) is 26.4. The fraction of sp³-hybridized carbons (Fsp3) is 0.956. The predicted molar refractivity (Wildman–Crippen MR) is 338 cm³/mol. The highest BCUT2D eigenvalue weighted by molar-refractivity contribution is 5.79. The van der Waals surface area contributed by atoms with E-state index in [1.807, 2.05) is 6.92 Å². The molecule has 12 rings (SSSR count). The molecule has 4 saturated carbocycles. The van der Waals surface area contributed by atoms with E-state index in [1.165, 1.54) is 13.8 Å². The van der Waals surface area contributed by atoms with E-state index in [0.717, 1.165) is 5.57 Å². The molecule has 0 aromatic heterocycles. The van der Waals surface area contributed by atoms with Gasteiger partial charge in [0.15, 0.2) is 43.8 Å². The van der Waals surface area contributed by atoms with E-state index in [4.69, 9.17) is 66.3 Å². The number of carbonyl (C=O) groups excluding carboxylic acids is 1. The van der Waals surface area contributed by atoms with Crippen molar-refractivity contribution in [3.8, 4) is 0 Å². The number of ether oxygens (including phenoxy) is 14. The van der Waals surface area contributed by atoms with Crippen molar-refractivity contribution in [1.82, 2.24) is 0 Å². The smallest absolute Gasteiger partial charge is 0.315 e. The van der Waals surface area contributed by atoms with Crippen LogP contribution in [0.3, 0.4) is 0 Å². The summed E-state index contributed by atoms with van der Waals surface area (Å²) in [6, 6.07) is 0. The maximum absolute atomic E-state index is 15.8. The summed E-state index contributed by atoms with van der Waals surface area (Å²) in [6.45, 7) is 9.00. The third-order valence-corrected chi connectivity index (χ3v) is 26.4. The number of rotatable bonds is 18. The number of aliphatic hydroxyl groups excluding tert-OH is 18. The van der Waals surface area contributed by atoms with Crippen molar-refractivity contribution in [2.75, 3.05) is 52.9 Å². The highest BCUT2D eigenvalue weighted by Gasteiger charge is 2.74. The van der Waals surface area contributed by atoms with Crippen LogP contribution >= 0.6 is 0 Å². The number of fused-ring (bicyclic) bond motifs is 7. The van der Waals surface area contributed by atoms with Crippen LogP contribution in [0.5, 0.6) is 0 Å². The molecule has 40 unspecified atom stereocenters. The zero-order chi connectivity index (χ0) is 75.1. The Morgan fingerprint density at radius 1 is 0.485 bits per heavy atom. The van der Waals surface area contributed by atoms with E-state index >= 15 is 4.79 Å². The van der Waals surface area contributed by atoms with Crippen molar-refractivity contribution in [3.63, 3.8) is 0 Å². The molecule has 103 heavy (non-hydrogen) atoms. The maximum atomic E-state index is 15.8. The van der Waals surface area contributed by atoms with Gasteiger partial charge in [0.1, 0.15) is 115 Å². The van der Waals surface area contributed by atoms with Crippen molar-refractivity contribution < 1.29 is 173 Å². The Kier molecular flexibility index (Phi) is 23.1. The second kappa shape index (κ2) is 29.5. The Bertz CT molecular complexity index is 2980. The molecular weight excluding hydrogens is 1380 g/mol. The Morgan fingerprint density at radius 3 is 1.61 bits per heavy atom. The summed E-state index contributed by atoms with van der Waals surface area (Å²) in [5.74, 6) is -2.36. The molecule has 0 spiro atoms. The average molecular weight is 1490 g/mol. The molecule has 35 nitrogen and oxygen atoms in total. The Labute approximate surface area is 594 Å². The lowest BCUT2D eigenvalue weighted by Crippen LogP contribution is -2.72. The summed E-state index contributed by atoms with van der Waals surface area (Å²) >= 11 is 0. The highest BCUT2D eigenvalue weighted by Crippen LogP contribution is 2.76. The molecule has 592 valence electrons. The van der Waals surface area contributed by atoms with Gasteiger partial charge in [-0.05, 0) is 98.7 Å². The average Bonchev–Trinajstić information content (AvgIpc) is 1.22. The lowest BCUT2D eigenvalue weighted by Gasteiger charge is -2.72. The molecule has 20 N–H and O–H groups in total. The molecule has 0 aromatic rings. The normalized spacial score (nSPS) is 55.8. The first-order valence-corrected chi connectivity index (χ1v) is 35.9. The van der Waals surface area contributed by atoms with Crippen LogP contribution in [0.2, 0.25) is 0 Å². The molecule has 5 aliphatic carbocycles. The summed E-state index contributed by atoms with van der Waals surface area (Å²) in [6.07, 6.45) is -46.9. The number of carbonyl (C=O) groups is 1. The van der Waals surface area contributed by atoms with Gasteiger partial charge in [-0.25, -0.2) is 0 Å². The van der Waals surface area contributed by atoms with E-state index in [-0.39, 0.29) is 30.6 Å². The summed E-state index contributed by atoms with van der Waals surface area (Å²) in [4.78, 5) is 15.8. The Hall–Kier alpha value is -2.11. The summed E-state index contributed by atoms with van der Waals surface area (Å²) in [5, 5.41) is 224. The van der Waals surface area contributed by atoms with Gasteiger partial charge in [0.05, 0.1) is 88.8 Å². The van der Waals surface area contributed by atoms with Crippen molar-refractivity contribution in [2.24, 2.45) is 50.2 Å². The van der Waals surface area contributed by atoms with Gasteiger partial charge in [-0.15, -0.1) is 0 Å². The van der Waals surface area contributed by atoms with Crippen LogP contribution in [0.4, 0.5) is 0 Å². The maximum Gasteiger partial charge on any atom is 0.315 e. The fourth-order valence-corrected chi connectivity index (χ4v) is 20.0. The molecule has 11 fully saturated rings. The minimum Gasteiger partial charge on any atom is -0.432 e. The van der Waals surface area contributed by atoms with E-state index < -0.39 is 293 Å². The number of hydrogen-bond donors (Lipinski definition) is 20. The van der Waals surface area contributed by atoms with Crippen LogP contribution in [0.15, 0.2) is 11.6 Å². The molecule has 7 saturated heterocycles. The van der Waals surface area contributed by atoms with E-state index in [1.54, 1.807) is 6.92 Å². The van der Waals surface area contributed by atoms with Gasteiger partial charge < -0.3 is 168 Å². The number of esters is 1. The second-order valence-electron chi connectivity index (χ2n) is 33.3. The molecule has 35 heteroatoms. The molecule has 0 amide bonds. The quantitative estimate of drug-likeness (QED) is 0.0344. The first-order valence-electron chi connectivity index (χ1n) is 35.9. The van der Waals surface area contributed by atoms with Crippen molar-refractivity contribution >= 4 is 5.97 Å². The van der Waals surface area contributed by atoms with Gasteiger partial charge in [0, 0.05) is 11.3 Å². The van der Waals surface area contributed by atoms with E-state index in [0.29, 0.717) is 32.1 Å². The van der Waals surface area contributed by atoms with Gasteiger partial charge >= 0.3 is 5.97 Å².